The summed E-state index contributed by atoms with van der Waals surface area (Å²) in [6.45, 7) is 3.78. The van der Waals surface area contributed by atoms with Gasteiger partial charge in [-0.15, -0.1) is 0 Å². The molecule has 0 spiro atoms. The van der Waals surface area contributed by atoms with Crippen LogP contribution < -0.4 is 19.7 Å². The highest BCUT2D eigenvalue weighted by atomic mass is 35.5. The van der Waals surface area contributed by atoms with Crippen molar-refractivity contribution >= 4 is 53.4 Å². The maximum atomic E-state index is 13.7. The van der Waals surface area contributed by atoms with Gasteiger partial charge in [-0.1, -0.05) is 36.5 Å². The molecule has 0 saturated heterocycles. The first-order valence-corrected chi connectivity index (χ1v) is 10.4. The SMILES string of the molecule is CC(C)Oc1ccc(NC(=O)N(S)c2ccc(NC(=O)c3ccccc3F)cc2)cc1Cl. The first-order chi connectivity index (χ1) is 15.2. The minimum absolute atomic E-state index is 0.0275. The summed E-state index contributed by atoms with van der Waals surface area (Å²) in [6, 6.07) is 16.5. The molecule has 0 aliphatic carbocycles. The van der Waals surface area contributed by atoms with Gasteiger partial charge in [-0.25, -0.2) is 13.5 Å². The number of carbonyl (C=O) groups excluding carboxylic acids is 2. The van der Waals surface area contributed by atoms with E-state index < -0.39 is 17.8 Å². The molecule has 166 valence electrons. The number of urea groups is 1. The molecule has 0 atom stereocenters. The van der Waals surface area contributed by atoms with E-state index in [1.54, 1.807) is 48.5 Å². The summed E-state index contributed by atoms with van der Waals surface area (Å²) in [7, 11) is 0. The Balaban J connectivity index is 1.63. The Labute approximate surface area is 195 Å². The fourth-order valence-corrected chi connectivity index (χ4v) is 3.16. The number of nitrogens with zero attached hydrogens (tertiary/aromatic N) is 1. The predicted octanol–water partition coefficient (Wildman–Crippen LogP) is 6.40. The molecule has 0 radical (unpaired) electrons. The fraction of sp³-hybridized carbons (Fsp3) is 0.130. The Morgan fingerprint density at radius 2 is 1.66 bits per heavy atom. The van der Waals surface area contributed by atoms with E-state index in [0.29, 0.717) is 27.8 Å². The second-order valence-electron chi connectivity index (χ2n) is 7.03. The summed E-state index contributed by atoms with van der Waals surface area (Å²) in [5.41, 5.74) is 1.32. The molecule has 0 fully saturated rings. The third-order valence-corrected chi connectivity index (χ3v) is 4.93. The zero-order chi connectivity index (χ0) is 23.3. The summed E-state index contributed by atoms with van der Waals surface area (Å²) in [4.78, 5) is 24.7. The topological polar surface area (TPSA) is 70.7 Å². The third kappa shape index (κ3) is 5.93. The van der Waals surface area contributed by atoms with E-state index in [-0.39, 0.29) is 11.7 Å². The Morgan fingerprint density at radius 1 is 1.00 bits per heavy atom. The van der Waals surface area contributed by atoms with Crippen LogP contribution in [0.15, 0.2) is 66.7 Å². The zero-order valence-electron chi connectivity index (χ0n) is 17.3. The number of carbonyl (C=O) groups is 2. The van der Waals surface area contributed by atoms with Gasteiger partial charge in [0.25, 0.3) is 5.91 Å². The second kappa shape index (κ2) is 10.4. The number of thiol groups is 1. The van der Waals surface area contributed by atoms with E-state index in [9.17, 15) is 14.0 Å². The summed E-state index contributed by atoms with van der Waals surface area (Å²) in [6.07, 6.45) is -0.0275. The molecule has 0 unspecified atom stereocenters. The lowest BCUT2D eigenvalue weighted by atomic mass is 10.2. The van der Waals surface area contributed by atoms with Crippen LogP contribution in [0.4, 0.5) is 26.2 Å². The van der Waals surface area contributed by atoms with Crippen molar-refractivity contribution in [1.82, 2.24) is 0 Å². The van der Waals surface area contributed by atoms with Crippen LogP contribution in [0.2, 0.25) is 5.02 Å². The average molecular weight is 474 g/mol. The number of nitrogens with one attached hydrogen (secondary N) is 2. The first kappa shape index (κ1) is 23.4. The standard InChI is InChI=1S/C23H21ClFN3O3S/c1-14(2)31-21-12-9-16(13-19(21)24)27-23(30)28(32)17-10-7-15(8-11-17)26-22(29)18-5-3-4-6-20(18)25/h3-14,32H,1-2H3,(H,26,29)(H,27,30). The third-order valence-electron chi connectivity index (χ3n) is 4.23. The lowest BCUT2D eigenvalue weighted by molar-refractivity contribution is 0.102. The van der Waals surface area contributed by atoms with Crippen LogP contribution in [-0.2, 0) is 0 Å². The van der Waals surface area contributed by atoms with Crippen LogP contribution >= 0.6 is 24.4 Å². The van der Waals surface area contributed by atoms with Crippen molar-refractivity contribution in [3.8, 4) is 5.75 Å². The summed E-state index contributed by atoms with van der Waals surface area (Å²) in [5.74, 6) is -0.655. The molecule has 3 aromatic rings. The normalized spacial score (nSPS) is 10.6. The Hall–Kier alpha value is -3.23. The summed E-state index contributed by atoms with van der Waals surface area (Å²) >= 11 is 10.4. The van der Waals surface area contributed by atoms with Crippen LogP contribution in [0.1, 0.15) is 24.2 Å². The van der Waals surface area contributed by atoms with Gasteiger partial charge in [0.15, 0.2) is 0 Å². The number of hydrogen-bond donors (Lipinski definition) is 3. The number of anilines is 3. The quantitative estimate of drug-likeness (QED) is 0.363. The Morgan fingerprint density at radius 3 is 2.28 bits per heavy atom. The van der Waals surface area contributed by atoms with Gasteiger partial charge >= 0.3 is 6.03 Å². The number of hydrogen-bond acceptors (Lipinski definition) is 4. The zero-order valence-corrected chi connectivity index (χ0v) is 19.0. The van der Waals surface area contributed by atoms with Gasteiger partial charge in [0.1, 0.15) is 11.6 Å². The number of amides is 3. The van der Waals surface area contributed by atoms with Crippen molar-refractivity contribution in [3.63, 3.8) is 0 Å². The molecule has 3 rings (SSSR count). The van der Waals surface area contributed by atoms with Crippen molar-refractivity contribution in [1.29, 1.82) is 0 Å². The largest absolute Gasteiger partial charge is 0.489 e. The molecular weight excluding hydrogens is 453 g/mol. The molecule has 2 N–H and O–H groups in total. The molecule has 6 nitrogen and oxygen atoms in total. The van der Waals surface area contributed by atoms with E-state index in [1.807, 2.05) is 13.8 Å². The molecule has 0 saturated carbocycles. The second-order valence-corrected chi connectivity index (χ2v) is 7.84. The van der Waals surface area contributed by atoms with E-state index >= 15 is 0 Å². The fourth-order valence-electron chi connectivity index (χ4n) is 2.75. The monoisotopic (exact) mass is 473 g/mol. The lowest BCUT2D eigenvalue weighted by Gasteiger charge is -2.18. The van der Waals surface area contributed by atoms with Crippen molar-refractivity contribution in [2.45, 2.75) is 20.0 Å². The highest BCUT2D eigenvalue weighted by Gasteiger charge is 2.15. The van der Waals surface area contributed by atoms with Crippen LogP contribution in [0.5, 0.6) is 5.75 Å². The molecule has 0 heterocycles. The van der Waals surface area contributed by atoms with Gasteiger partial charge in [0.2, 0.25) is 0 Å². The van der Waals surface area contributed by atoms with Crippen molar-refractivity contribution in [2.24, 2.45) is 0 Å². The smallest absolute Gasteiger partial charge is 0.336 e. The predicted molar refractivity (Wildman–Crippen MR) is 128 cm³/mol. The Bertz CT molecular complexity index is 1130. The molecule has 3 aromatic carbocycles. The van der Waals surface area contributed by atoms with Crippen molar-refractivity contribution in [3.05, 3.63) is 83.1 Å². The van der Waals surface area contributed by atoms with E-state index in [0.717, 1.165) is 4.31 Å². The Kier molecular flexibility index (Phi) is 7.61. The lowest BCUT2D eigenvalue weighted by Crippen LogP contribution is -2.26. The molecular formula is C23H21ClFN3O3S. The molecule has 9 heteroatoms. The van der Waals surface area contributed by atoms with Gasteiger partial charge in [-0.05, 0) is 68.4 Å². The van der Waals surface area contributed by atoms with Crippen LogP contribution in [0, 0.1) is 5.82 Å². The number of rotatable bonds is 6. The maximum absolute atomic E-state index is 13.7. The van der Waals surface area contributed by atoms with Crippen LogP contribution in [0.3, 0.4) is 0 Å². The van der Waals surface area contributed by atoms with Crippen molar-refractivity contribution in [2.75, 3.05) is 14.9 Å². The highest BCUT2D eigenvalue weighted by molar-refractivity contribution is 7.82. The number of ether oxygens (including phenoxy) is 1. The molecule has 0 bridgehead atoms. The van der Waals surface area contributed by atoms with Gasteiger partial charge < -0.3 is 15.4 Å². The van der Waals surface area contributed by atoms with Gasteiger partial charge in [-0.3, -0.25) is 4.79 Å². The molecule has 3 amide bonds. The summed E-state index contributed by atoms with van der Waals surface area (Å²) < 4.78 is 20.4. The van der Waals surface area contributed by atoms with E-state index in [2.05, 4.69) is 23.4 Å². The first-order valence-electron chi connectivity index (χ1n) is 9.66. The molecule has 0 aromatic heterocycles. The maximum Gasteiger partial charge on any atom is 0.336 e. The van der Waals surface area contributed by atoms with Gasteiger partial charge in [0.05, 0.1) is 22.4 Å². The number of halogens is 2. The minimum atomic E-state index is -0.608. The molecule has 0 aliphatic heterocycles. The minimum Gasteiger partial charge on any atom is -0.489 e. The van der Waals surface area contributed by atoms with E-state index in [1.165, 1.54) is 18.2 Å². The van der Waals surface area contributed by atoms with Gasteiger partial charge in [-0.2, -0.15) is 0 Å². The molecule has 0 aliphatic rings. The van der Waals surface area contributed by atoms with Crippen LogP contribution in [0.25, 0.3) is 0 Å². The van der Waals surface area contributed by atoms with E-state index in [4.69, 9.17) is 16.3 Å². The van der Waals surface area contributed by atoms with Crippen molar-refractivity contribution < 1.29 is 18.7 Å². The molecule has 32 heavy (non-hydrogen) atoms. The summed E-state index contributed by atoms with van der Waals surface area (Å²) in [5, 5.41) is 5.68. The number of benzene rings is 3. The highest BCUT2D eigenvalue weighted by Crippen LogP contribution is 2.29. The van der Waals surface area contributed by atoms with Gasteiger partial charge in [0, 0.05) is 11.4 Å². The average Bonchev–Trinajstić information content (AvgIpc) is 2.75. The van der Waals surface area contributed by atoms with Crippen LogP contribution in [-0.4, -0.2) is 18.0 Å².